The minimum Gasteiger partial charge on any atom is -0.484 e. The van der Waals surface area contributed by atoms with E-state index in [0.29, 0.717) is 11.8 Å². The third-order valence-electron chi connectivity index (χ3n) is 4.12. The van der Waals surface area contributed by atoms with E-state index in [1.54, 1.807) is 12.1 Å². The molecule has 2 aliphatic heterocycles. The lowest BCUT2D eigenvalue weighted by Gasteiger charge is -2.33. The standard InChI is InChI=1S/C16H21FN2O3/c1-11-7-19-8-13(6-14(19)9-21-11)18-16(20)10-22-15-4-2-3-12(17)5-15/h2-5,11,13-14H,6-10H2,1H3,(H,18,20)/t11-,13+,14-/m0/s1. The van der Waals surface area contributed by atoms with Gasteiger partial charge in [-0.2, -0.15) is 0 Å². The SMILES string of the molecule is C[C@H]1CN2C[C@H](NC(=O)COc3cccc(F)c3)C[C@H]2CO1. The molecule has 120 valence electrons. The molecule has 2 fully saturated rings. The van der Waals surface area contributed by atoms with Crippen LogP contribution in [0.3, 0.4) is 0 Å². The van der Waals surface area contributed by atoms with Gasteiger partial charge >= 0.3 is 0 Å². The lowest BCUT2D eigenvalue weighted by molar-refractivity contribution is -0.123. The van der Waals surface area contributed by atoms with E-state index in [1.165, 1.54) is 12.1 Å². The topological polar surface area (TPSA) is 50.8 Å². The summed E-state index contributed by atoms with van der Waals surface area (Å²) in [5.41, 5.74) is 0. The molecule has 0 spiro atoms. The Labute approximate surface area is 129 Å². The Hall–Kier alpha value is -1.66. The molecule has 0 saturated carbocycles. The highest BCUT2D eigenvalue weighted by molar-refractivity contribution is 5.77. The first-order valence-electron chi connectivity index (χ1n) is 7.63. The van der Waals surface area contributed by atoms with Crippen LogP contribution >= 0.6 is 0 Å². The molecule has 0 radical (unpaired) electrons. The molecule has 5 nitrogen and oxygen atoms in total. The predicted molar refractivity (Wildman–Crippen MR) is 79.2 cm³/mol. The van der Waals surface area contributed by atoms with Gasteiger partial charge in [0, 0.05) is 31.2 Å². The van der Waals surface area contributed by atoms with Crippen molar-refractivity contribution in [1.82, 2.24) is 10.2 Å². The summed E-state index contributed by atoms with van der Waals surface area (Å²) in [4.78, 5) is 14.3. The molecule has 0 aromatic heterocycles. The number of hydrogen-bond acceptors (Lipinski definition) is 4. The van der Waals surface area contributed by atoms with Crippen LogP contribution in [0.4, 0.5) is 4.39 Å². The van der Waals surface area contributed by atoms with E-state index in [-0.39, 0.29) is 30.5 Å². The lowest BCUT2D eigenvalue weighted by Crippen LogP contribution is -2.45. The fraction of sp³-hybridized carbons (Fsp3) is 0.562. The van der Waals surface area contributed by atoms with Crippen LogP contribution in [-0.2, 0) is 9.53 Å². The minimum absolute atomic E-state index is 0.0997. The number of nitrogens with zero attached hydrogens (tertiary/aromatic N) is 1. The van der Waals surface area contributed by atoms with Crippen molar-refractivity contribution < 1.29 is 18.7 Å². The molecule has 0 bridgehead atoms. The molecule has 1 amide bonds. The molecular formula is C16H21FN2O3. The van der Waals surface area contributed by atoms with E-state index < -0.39 is 0 Å². The molecule has 22 heavy (non-hydrogen) atoms. The molecule has 2 aliphatic rings. The second-order valence-electron chi connectivity index (χ2n) is 6.00. The number of fused-ring (bicyclic) bond motifs is 1. The molecule has 1 aromatic rings. The zero-order valence-corrected chi connectivity index (χ0v) is 12.6. The van der Waals surface area contributed by atoms with Crippen LogP contribution in [-0.4, -0.2) is 55.3 Å². The molecule has 2 heterocycles. The first kappa shape index (κ1) is 15.2. The number of hydrogen-bond donors (Lipinski definition) is 1. The third-order valence-corrected chi connectivity index (χ3v) is 4.12. The van der Waals surface area contributed by atoms with Crippen molar-refractivity contribution >= 4 is 5.91 Å². The summed E-state index contributed by atoms with van der Waals surface area (Å²) in [6.45, 7) is 4.46. The molecule has 3 rings (SSSR count). The average molecular weight is 308 g/mol. The summed E-state index contributed by atoms with van der Waals surface area (Å²) < 4.78 is 24.0. The van der Waals surface area contributed by atoms with Crippen molar-refractivity contribution in [1.29, 1.82) is 0 Å². The fourth-order valence-corrected chi connectivity index (χ4v) is 3.12. The van der Waals surface area contributed by atoms with Gasteiger partial charge in [-0.25, -0.2) is 4.39 Å². The number of nitrogens with one attached hydrogen (secondary N) is 1. The number of halogens is 1. The Balaban J connectivity index is 1.44. The first-order chi connectivity index (χ1) is 10.6. The number of benzene rings is 1. The Kier molecular flexibility index (Phi) is 4.59. The van der Waals surface area contributed by atoms with E-state index in [4.69, 9.17) is 9.47 Å². The quantitative estimate of drug-likeness (QED) is 0.907. The number of carbonyl (C=O) groups is 1. The van der Waals surface area contributed by atoms with Gasteiger partial charge < -0.3 is 14.8 Å². The van der Waals surface area contributed by atoms with E-state index in [1.807, 2.05) is 0 Å². The highest BCUT2D eigenvalue weighted by atomic mass is 19.1. The summed E-state index contributed by atoms with van der Waals surface area (Å²) in [7, 11) is 0. The maximum Gasteiger partial charge on any atom is 0.258 e. The number of ether oxygens (including phenoxy) is 2. The summed E-state index contributed by atoms with van der Waals surface area (Å²) in [6.07, 6.45) is 1.15. The van der Waals surface area contributed by atoms with E-state index in [2.05, 4.69) is 17.1 Å². The number of amides is 1. The lowest BCUT2D eigenvalue weighted by atomic mass is 10.1. The molecule has 1 N–H and O–H groups in total. The Morgan fingerprint density at radius 2 is 2.36 bits per heavy atom. The second kappa shape index (κ2) is 6.62. The van der Waals surface area contributed by atoms with Crippen LogP contribution in [0.5, 0.6) is 5.75 Å². The van der Waals surface area contributed by atoms with Crippen LogP contribution in [0.15, 0.2) is 24.3 Å². The minimum atomic E-state index is -0.375. The first-order valence-corrected chi connectivity index (χ1v) is 7.63. The van der Waals surface area contributed by atoms with Gasteiger partial charge in [-0.3, -0.25) is 9.69 Å². The molecular weight excluding hydrogens is 287 g/mol. The highest BCUT2D eigenvalue weighted by Crippen LogP contribution is 2.23. The summed E-state index contributed by atoms with van der Waals surface area (Å²) in [6, 6.07) is 6.31. The molecule has 2 saturated heterocycles. The normalized spacial score (nSPS) is 28.2. The van der Waals surface area contributed by atoms with Crippen LogP contribution < -0.4 is 10.1 Å². The number of carbonyl (C=O) groups excluding carboxylic acids is 1. The highest BCUT2D eigenvalue weighted by Gasteiger charge is 2.36. The smallest absolute Gasteiger partial charge is 0.258 e. The number of morpholine rings is 1. The van der Waals surface area contributed by atoms with Crippen LogP contribution in [0.1, 0.15) is 13.3 Å². The van der Waals surface area contributed by atoms with Gasteiger partial charge in [0.1, 0.15) is 11.6 Å². The van der Waals surface area contributed by atoms with Crippen molar-refractivity contribution in [2.45, 2.75) is 31.5 Å². The summed E-state index contributed by atoms with van der Waals surface area (Å²) in [5, 5.41) is 2.98. The van der Waals surface area contributed by atoms with Crippen molar-refractivity contribution in [2.24, 2.45) is 0 Å². The van der Waals surface area contributed by atoms with Gasteiger partial charge in [-0.1, -0.05) is 6.07 Å². The van der Waals surface area contributed by atoms with Crippen molar-refractivity contribution in [2.75, 3.05) is 26.3 Å². The zero-order valence-electron chi connectivity index (χ0n) is 12.6. The molecule has 0 unspecified atom stereocenters. The Morgan fingerprint density at radius 3 is 3.18 bits per heavy atom. The monoisotopic (exact) mass is 308 g/mol. The molecule has 6 heteroatoms. The van der Waals surface area contributed by atoms with Gasteiger partial charge in [0.15, 0.2) is 6.61 Å². The molecule has 1 aromatic carbocycles. The van der Waals surface area contributed by atoms with Crippen LogP contribution in [0, 0.1) is 5.82 Å². The van der Waals surface area contributed by atoms with Crippen LogP contribution in [0.25, 0.3) is 0 Å². The van der Waals surface area contributed by atoms with E-state index in [9.17, 15) is 9.18 Å². The predicted octanol–water partition coefficient (Wildman–Crippen LogP) is 1.18. The summed E-state index contributed by atoms with van der Waals surface area (Å²) >= 11 is 0. The van der Waals surface area contributed by atoms with Gasteiger partial charge in [0.05, 0.1) is 12.7 Å². The maximum atomic E-state index is 13.0. The van der Waals surface area contributed by atoms with Crippen molar-refractivity contribution in [3.05, 3.63) is 30.1 Å². The van der Waals surface area contributed by atoms with E-state index >= 15 is 0 Å². The fourth-order valence-electron chi connectivity index (χ4n) is 3.12. The largest absolute Gasteiger partial charge is 0.484 e. The number of rotatable bonds is 4. The molecule has 0 aliphatic carbocycles. The van der Waals surface area contributed by atoms with E-state index in [0.717, 1.165) is 26.1 Å². The van der Waals surface area contributed by atoms with Gasteiger partial charge in [-0.15, -0.1) is 0 Å². The summed E-state index contributed by atoms with van der Waals surface area (Å²) in [5.74, 6) is -0.191. The zero-order chi connectivity index (χ0) is 15.5. The van der Waals surface area contributed by atoms with Gasteiger partial charge in [0.2, 0.25) is 0 Å². The van der Waals surface area contributed by atoms with Gasteiger partial charge in [0.25, 0.3) is 5.91 Å². The van der Waals surface area contributed by atoms with Crippen molar-refractivity contribution in [3.8, 4) is 5.75 Å². The van der Waals surface area contributed by atoms with Crippen molar-refractivity contribution in [3.63, 3.8) is 0 Å². The van der Waals surface area contributed by atoms with Gasteiger partial charge in [-0.05, 0) is 25.5 Å². The Bertz CT molecular complexity index is 540. The Morgan fingerprint density at radius 1 is 1.50 bits per heavy atom. The second-order valence-corrected chi connectivity index (χ2v) is 6.00. The third kappa shape index (κ3) is 3.75. The molecule has 3 atom stereocenters. The van der Waals surface area contributed by atoms with Crippen LogP contribution in [0.2, 0.25) is 0 Å². The maximum absolute atomic E-state index is 13.0. The average Bonchev–Trinajstić information content (AvgIpc) is 2.86.